The maximum absolute atomic E-state index is 13.4. The fraction of sp³-hybridized carbons (Fsp3) is 0.700. The van der Waals surface area contributed by atoms with E-state index >= 15 is 0 Å². The van der Waals surface area contributed by atoms with Gasteiger partial charge in [0, 0.05) is 1.43 Å². The summed E-state index contributed by atoms with van der Waals surface area (Å²) in [6.07, 6.45) is 12.8. The summed E-state index contributed by atoms with van der Waals surface area (Å²) >= 11 is 0. The standard InChI is InChI=1S/C20H28F2.H2/c1-2-3-4-5-14-6-8-15(9-7-14)16-10-17-12-19(21)20(22)13-18(17)11-16;/h12-16H,2-11H2,1H3;1H. The monoisotopic (exact) mass is 308 g/mol. The first-order chi connectivity index (χ1) is 10.7. The van der Waals surface area contributed by atoms with Crippen LogP contribution in [0.15, 0.2) is 12.1 Å². The Bertz CT molecular complexity index is 476. The molecule has 0 atom stereocenters. The van der Waals surface area contributed by atoms with Gasteiger partial charge in [-0.2, -0.15) is 0 Å². The number of hydrogen-bond acceptors (Lipinski definition) is 0. The van der Waals surface area contributed by atoms with E-state index in [-0.39, 0.29) is 1.43 Å². The zero-order valence-corrected chi connectivity index (χ0v) is 13.7. The quantitative estimate of drug-likeness (QED) is 0.559. The average Bonchev–Trinajstić information content (AvgIpc) is 2.91. The third-order valence-electron chi connectivity index (χ3n) is 5.98. The highest BCUT2D eigenvalue weighted by Crippen LogP contribution is 2.41. The van der Waals surface area contributed by atoms with E-state index in [0.717, 1.165) is 35.8 Å². The molecule has 0 N–H and O–H groups in total. The summed E-state index contributed by atoms with van der Waals surface area (Å²) in [5, 5.41) is 0. The summed E-state index contributed by atoms with van der Waals surface area (Å²) in [5.41, 5.74) is 2.10. The van der Waals surface area contributed by atoms with E-state index in [2.05, 4.69) is 6.92 Å². The second-order valence-electron chi connectivity index (χ2n) is 7.48. The van der Waals surface area contributed by atoms with Gasteiger partial charge in [0.2, 0.25) is 0 Å². The molecular weight excluding hydrogens is 278 g/mol. The minimum Gasteiger partial charge on any atom is -0.204 e. The van der Waals surface area contributed by atoms with Crippen LogP contribution in [0.3, 0.4) is 0 Å². The van der Waals surface area contributed by atoms with Crippen LogP contribution in [0.4, 0.5) is 8.78 Å². The minimum absolute atomic E-state index is 0. The van der Waals surface area contributed by atoms with E-state index < -0.39 is 11.6 Å². The van der Waals surface area contributed by atoms with Gasteiger partial charge in [0.1, 0.15) is 0 Å². The number of rotatable bonds is 5. The molecule has 124 valence electrons. The van der Waals surface area contributed by atoms with Crippen LogP contribution in [0.25, 0.3) is 0 Å². The number of fused-ring (bicyclic) bond motifs is 1. The molecular formula is C20H30F2. The van der Waals surface area contributed by atoms with E-state index in [0.29, 0.717) is 5.92 Å². The van der Waals surface area contributed by atoms with Crippen molar-refractivity contribution in [2.24, 2.45) is 17.8 Å². The lowest BCUT2D eigenvalue weighted by molar-refractivity contribution is 0.200. The highest BCUT2D eigenvalue weighted by molar-refractivity contribution is 5.33. The summed E-state index contributed by atoms with van der Waals surface area (Å²) in [7, 11) is 0. The Morgan fingerprint density at radius 1 is 0.909 bits per heavy atom. The highest BCUT2D eigenvalue weighted by Gasteiger charge is 2.32. The molecule has 3 rings (SSSR count). The molecule has 0 aromatic heterocycles. The first kappa shape index (κ1) is 16.0. The molecule has 0 amide bonds. The number of benzene rings is 1. The zero-order chi connectivity index (χ0) is 15.5. The van der Waals surface area contributed by atoms with Gasteiger partial charge in [-0.25, -0.2) is 8.78 Å². The molecule has 2 aliphatic rings. The van der Waals surface area contributed by atoms with Gasteiger partial charge in [-0.15, -0.1) is 0 Å². The Labute approximate surface area is 134 Å². The van der Waals surface area contributed by atoms with Crippen LogP contribution >= 0.6 is 0 Å². The van der Waals surface area contributed by atoms with Crippen LogP contribution in [-0.4, -0.2) is 0 Å². The Balaban J connectivity index is 0.00000192. The van der Waals surface area contributed by atoms with Crippen molar-refractivity contribution < 1.29 is 10.2 Å². The third-order valence-corrected chi connectivity index (χ3v) is 5.98. The van der Waals surface area contributed by atoms with Gasteiger partial charge < -0.3 is 0 Å². The molecule has 1 fully saturated rings. The van der Waals surface area contributed by atoms with E-state index in [1.54, 1.807) is 0 Å². The lowest BCUT2D eigenvalue weighted by Crippen LogP contribution is -2.22. The van der Waals surface area contributed by atoms with Crippen LogP contribution in [0.5, 0.6) is 0 Å². The molecule has 1 aromatic carbocycles. The van der Waals surface area contributed by atoms with Gasteiger partial charge in [-0.1, -0.05) is 45.4 Å². The summed E-state index contributed by atoms with van der Waals surface area (Å²) in [6.45, 7) is 2.26. The van der Waals surface area contributed by atoms with Gasteiger partial charge in [0.25, 0.3) is 0 Å². The zero-order valence-electron chi connectivity index (χ0n) is 13.7. The van der Waals surface area contributed by atoms with Crippen LogP contribution in [0.1, 0.15) is 70.8 Å². The van der Waals surface area contributed by atoms with Gasteiger partial charge in [-0.3, -0.25) is 0 Å². The molecule has 0 spiro atoms. The van der Waals surface area contributed by atoms with Crippen molar-refractivity contribution in [3.63, 3.8) is 0 Å². The molecule has 1 aromatic rings. The summed E-state index contributed by atoms with van der Waals surface area (Å²) in [5.74, 6) is 0.952. The van der Waals surface area contributed by atoms with E-state index in [1.165, 1.54) is 63.5 Å². The second kappa shape index (κ2) is 7.10. The summed E-state index contributed by atoms with van der Waals surface area (Å²) < 4.78 is 26.7. The fourth-order valence-electron chi connectivity index (χ4n) is 4.61. The van der Waals surface area contributed by atoms with Gasteiger partial charge in [0.05, 0.1) is 0 Å². The van der Waals surface area contributed by atoms with Gasteiger partial charge in [-0.05, 0) is 66.7 Å². The lowest BCUT2D eigenvalue weighted by Gasteiger charge is -2.32. The SMILES string of the molecule is CCCCCC1CCC(C2Cc3cc(F)c(F)cc3C2)CC1.[HH]. The van der Waals surface area contributed by atoms with Crippen LogP contribution < -0.4 is 0 Å². The molecule has 0 nitrogen and oxygen atoms in total. The highest BCUT2D eigenvalue weighted by atomic mass is 19.2. The molecule has 0 unspecified atom stereocenters. The fourth-order valence-corrected chi connectivity index (χ4v) is 4.61. The average molecular weight is 308 g/mol. The molecule has 1 saturated carbocycles. The van der Waals surface area contributed by atoms with Gasteiger partial charge >= 0.3 is 0 Å². The van der Waals surface area contributed by atoms with E-state index in [1.807, 2.05) is 0 Å². The molecule has 0 aliphatic heterocycles. The minimum atomic E-state index is -0.681. The summed E-state index contributed by atoms with van der Waals surface area (Å²) in [4.78, 5) is 0. The lowest BCUT2D eigenvalue weighted by atomic mass is 9.73. The Morgan fingerprint density at radius 3 is 2.05 bits per heavy atom. The topological polar surface area (TPSA) is 0 Å². The molecule has 0 saturated heterocycles. The van der Waals surface area contributed by atoms with Crippen molar-refractivity contribution in [2.45, 2.75) is 71.1 Å². The maximum atomic E-state index is 13.4. The maximum Gasteiger partial charge on any atom is 0.159 e. The first-order valence-corrected chi connectivity index (χ1v) is 9.14. The number of unbranched alkanes of at least 4 members (excludes halogenated alkanes) is 2. The number of halogens is 2. The molecule has 22 heavy (non-hydrogen) atoms. The Kier molecular flexibility index (Phi) is 5.15. The normalized spacial score (nSPS) is 25.4. The Hall–Kier alpha value is -0.920. The van der Waals surface area contributed by atoms with Crippen LogP contribution in [0.2, 0.25) is 0 Å². The van der Waals surface area contributed by atoms with Crippen molar-refractivity contribution in [2.75, 3.05) is 0 Å². The first-order valence-electron chi connectivity index (χ1n) is 9.14. The smallest absolute Gasteiger partial charge is 0.159 e. The molecule has 2 heteroatoms. The van der Waals surface area contributed by atoms with Crippen molar-refractivity contribution >= 4 is 0 Å². The molecule has 0 heterocycles. The van der Waals surface area contributed by atoms with E-state index in [4.69, 9.17) is 0 Å². The summed E-state index contributed by atoms with van der Waals surface area (Å²) in [6, 6.07) is 2.86. The molecule has 2 aliphatic carbocycles. The molecule has 0 radical (unpaired) electrons. The third kappa shape index (κ3) is 3.52. The second-order valence-corrected chi connectivity index (χ2v) is 7.48. The largest absolute Gasteiger partial charge is 0.204 e. The van der Waals surface area contributed by atoms with Crippen LogP contribution in [0, 0.1) is 29.4 Å². The predicted octanol–water partition coefficient (Wildman–Crippen LogP) is 6.31. The Morgan fingerprint density at radius 2 is 1.50 bits per heavy atom. The van der Waals surface area contributed by atoms with E-state index in [9.17, 15) is 8.78 Å². The molecule has 0 bridgehead atoms. The van der Waals surface area contributed by atoms with Crippen LogP contribution in [-0.2, 0) is 12.8 Å². The van der Waals surface area contributed by atoms with Crippen molar-refractivity contribution in [1.82, 2.24) is 0 Å². The van der Waals surface area contributed by atoms with Crippen molar-refractivity contribution in [3.8, 4) is 0 Å². The predicted molar refractivity (Wildman–Crippen MR) is 89.0 cm³/mol. The van der Waals surface area contributed by atoms with Crippen molar-refractivity contribution in [3.05, 3.63) is 34.9 Å². The van der Waals surface area contributed by atoms with Crippen molar-refractivity contribution in [1.29, 1.82) is 0 Å². The number of hydrogen-bond donors (Lipinski definition) is 0. The van der Waals surface area contributed by atoms with Gasteiger partial charge in [0.15, 0.2) is 11.6 Å².